The van der Waals surface area contributed by atoms with Crippen LogP contribution in [0.2, 0.25) is 0 Å². The Hall–Kier alpha value is -1.06. The van der Waals surface area contributed by atoms with Crippen LogP contribution in [0.5, 0.6) is 0 Å². The maximum Gasteiger partial charge on any atom is 0.348 e. The van der Waals surface area contributed by atoms with E-state index in [9.17, 15) is 14.7 Å². The van der Waals surface area contributed by atoms with E-state index in [1.165, 1.54) is 0 Å². The van der Waals surface area contributed by atoms with Gasteiger partial charge in [0.2, 0.25) is 5.60 Å². The third-order valence-corrected chi connectivity index (χ3v) is 3.79. The first-order valence-electron chi connectivity index (χ1n) is 5.56. The van der Waals surface area contributed by atoms with Crippen LogP contribution in [0.3, 0.4) is 0 Å². The standard InChI is InChI=1S/C11H16O4/c1-2-7-6-11(10(13)14,15-9(7)12)8-4-3-5-8/h7-8H,2-6H2,1H3,(H,13,14). The van der Waals surface area contributed by atoms with Crippen molar-refractivity contribution in [1.82, 2.24) is 0 Å². The molecule has 2 fully saturated rings. The van der Waals surface area contributed by atoms with Crippen LogP contribution in [0.4, 0.5) is 0 Å². The maximum atomic E-state index is 11.5. The zero-order valence-corrected chi connectivity index (χ0v) is 8.86. The lowest BCUT2D eigenvalue weighted by molar-refractivity contribution is -0.179. The monoisotopic (exact) mass is 212 g/mol. The van der Waals surface area contributed by atoms with E-state index in [1.54, 1.807) is 0 Å². The summed E-state index contributed by atoms with van der Waals surface area (Å²) in [6.07, 6.45) is 3.82. The molecule has 1 N–H and O–H groups in total. The summed E-state index contributed by atoms with van der Waals surface area (Å²) < 4.78 is 5.18. The largest absolute Gasteiger partial charge is 0.478 e. The Balaban J connectivity index is 2.21. The molecule has 0 bridgehead atoms. The van der Waals surface area contributed by atoms with Crippen LogP contribution in [0.15, 0.2) is 0 Å². The van der Waals surface area contributed by atoms with Gasteiger partial charge < -0.3 is 9.84 Å². The Morgan fingerprint density at radius 1 is 1.60 bits per heavy atom. The van der Waals surface area contributed by atoms with E-state index in [4.69, 9.17) is 4.74 Å². The van der Waals surface area contributed by atoms with Gasteiger partial charge in [-0.2, -0.15) is 0 Å². The van der Waals surface area contributed by atoms with Crippen LogP contribution >= 0.6 is 0 Å². The highest BCUT2D eigenvalue weighted by Crippen LogP contribution is 2.46. The number of rotatable bonds is 3. The molecule has 2 atom stereocenters. The molecule has 0 spiro atoms. The van der Waals surface area contributed by atoms with Crippen molar-refractivity contribution in [3.8, 4) is 0 Å². The Bertz CT molecular complexity index is 295. The number of hydrogen-bond acceptors (Lipinski definition) is 3. The summed E-state index contributed by atoms with van der Waals surface area (Å²) in [5.41, 5.74) is -1.20. The SMILES string of the molecule is CCC1CC(C(=O)O)(C2CCC2)OC1=O. The van der Waals surface area contributed by atoms with Gasteiger partial charge >= 0.3 is 11.9 Å². The second-order valence-corrected chi connectivity index (χ2v) is 4.55. The lowest BCUT2D eigenvalue weighted by Crippen LogP contribution is -2.48. The van der Waals surface area contributed by atoms with Crippen molar-refractivity contribution in [3.63, 3.8) is 0 Å². The van der Waals surface area contributed by atoms with Gasteiger partial charge in [-0.25, -0.2) is 4.79 Å². The van der Waals surface area contributed by atoms with Gasteiger partial charge in [-0.1, -0.05) is 13.3 Å². The van der Waals surface area contributed by atoms with Gasteiger partial charge in [0.15, 0.2) is 0 Å². The molecule has 0 radical (unpaired) electrons. The highest BCUT2D eigenvalue weighted by molar-refractivity contribution is 5.87. The molecule has 0 aromatic carbocycles. The molecule has 2 rings (SSSR count). The van der Waals surface area contributed by atoms with Crippen molar-refractivity contribution >= 4 is 11.9 Å². The number of aliphatic carboxylic acids is 1. The molecule has 0 aromatic heterocycles. The molecule has 4 heteroatoms. The number of carbonyl (C=O) groups excluding carboxylic acids is 1. The molecule has 1 saturated heterocycles. The number of cyclic esters (lactones) is 1. The molecular formula is C11H16O4. The average molecular weight is 212 g/mol. The number of esters is 1. The van der Waals surface area contributed by atoms with E-state index in [-0.39, 0.29) is 17.8 Å². The zero-order valence-electron chi connectivity index (χ0n) is 8.86. The number of ether oxygens (including phenoxy) is 1. The fourth-order valence-corrected chi connectivity index (χ4v) is 2.50. The van der Waals surface area contributed by atoms with E-state index in [0.29, 0.717) is 12.8 Å². The van der Waals surface area contributed by atoms with Gasteiger partial charge in [0.05, 0.1) is 5.92 Å². The first kappa shape index (κ1) is 10.5. The summed E-state index contributed by atoms with van der Waals surface area (Å²) in [4.78, 5) is 22.8. The summed E-state index contributed by atoms with van der Waals surface area (Å²) in [5.74, 6) is -1.47. The summed E-state index contributed by atoms with van der Waals surface area (Å²) in [6, 6.07) is 0. The topological polar surface area (TPSA) is 63.6 Å². The third kappa shape index (κ3) is 1.43. The van der Waals surface area contributed by atoms with Crippen LogP contribution in [0, 0.1) is 11.8 Å². The van der Waals surface area contributed by atoms with Crippen molar-refractivity contribution in [2.45, 2.75) is 44.6 Å². The molecule has 2 aliphatic rings. The molecule has 15 heavy (non-hydrogen) atoms. The number of hydrogen-bond donors (Lipinski definition) is 1. The van der Waals surface area contributed by atoms with Crippen molar-refractivity contribution in [3.05, 3.63) is 0 Å². The maximum absolute atomic E-state index is 11.5. The Labute approximate surface area is 88.6 Å². The van der Waals surface area contributed by atoms with E-state index in [0.717, 1.165) is 19.3 Å². The van der Waals surface area contributed by atoms with Gasteiger partial charge in [-0.05, 0) is 19.3 Å². The first-order chi connectivity index (χ1) is 7.10. The number of carboxylic acid groups (broad SMARTS) is 1. The normalized spacial score (nSPS) is 36.1. The predicted molar refractivity (Wildman–Crippen MR) is 52.2 cm³/mol. The van der Waals surface area contributed by atoms with E-state index in [1.807, 2.05) is 6.92 Å². The van der Waals surface area contributed by atoms with Crippen LogP contribution in [-0.2, 0) is 14.3 Å². The molecule has 84 valence electrons. The van der Waals surface area contributed by atoms with Gasteiger partial charge in [0.25, 0.3) is 0 Å². The second-order valence-electron chi connectivity index (χ2n) is 4.55. The second kappa shape index (κ2) is 3.51. The van der Waals surface area contributed by atoms with Gasteiger partial charge in [-0.15, -0.1) is 0 Å². The fourth-order valence-electron chi connectivity index (χ4n) is 2.50. The number of carbonyl (C=O) groups is 2. The predicted octanol–water partition coefficient (Wildman–Crippen LogP) is 1.58. The van der Waals surface area contributed by atoms with Crippen LogP contribution in [0.25, 0.3) is 0 Å². The molecule has 0 aromatic rings. The first-order valence-corrected chi connectivity index (χ1v) is 5.56. The molecule has 1 heterocycles. The molecule has 1 saturated carbocycles. The van der Waals surface area contributed by atoms with Crippen molar-refractivity contribution in [2.75, 3.05) is 0 Å². The Kier molecular flexibility index (Phi) is 2.44. The molecule has 2 unspecified atom stereocenters. The quantitative estimate of drug-likeness (QED) is 0.721. The minimum Gasteiger partial charge on any atom is -0.478 e. The zero-order chi connectivity index (χ0) is 11.1. The molecular weight excluding hydrogens is 196 g/mol. The van der Waals surface area contributed by atoms with Crippen LogP contribution in [-0.4, -0.2) is 22.6 Å². The number of carboxylic acids is 1. The summed E-state index contributed by atoms with van der Waals surface area (Å²) in [5, 5.41) is 9.25. The van der Waals surface area contributed by atoms with Crippen molar-refractivity contribution in [1.29, 1.82) is 0 Å². The average Bonchev–Trinajstić information content (AvgIpc) is 2.41. The minimum absolute atomic E-state index is 0.0375. The Morgan fingerprint density at radius 2 is 2.27 bits per heavy atom. The van der Waals surface area contributed by atoms with Gasteiger partial charge in [0, 0.05) is 12.3 Å². The van der Waals surface area contributed by atoms with E-state index in [2.05, 4.69) is 0 Å². The summed E-state index contributed by atoms with van der Waals surface area (Å²) >= 11 is 0. The molecule has 1 aliphatic carbocycles. The highest BCUT2D eigenvalue weighted by Gasteiger charge is 2.58. The fraction of sp³-hybridized carbons (Fsp3) is 0.818. The highest BCUT2D eigenvalue weighted by atomic mass is 16.6. The van der Waals surface area contributed by atoms with E-state index < -0.39 is 11.6 Å². The lowest BCUT2D eigenvalue weighted by Gasteiger charge is -2.37. The molecule has 4 nitrogen and oxygen atoms in total. The summed E-state index contributed by atoms with van der Waals surface area (Å²) in [6.45, 7) is 1.89. The van der Waals surface area contributed by atoms with Crippen molar-refractivity contribution < 1.29 is 19.4 Å². The molecule has 1 aliphatic heterocycles. The van der Waals surface area contributed by atoms with Crippen LogP contribution < -0.4 is 0 Å². The summed E-state index contributed by atoms with van der Waals surface area (Å²) in [7, 11) is 0. The van der Waals surface area contributed by atoms with Crippen molar-refractivity contribution in [2.24, 2.45) is 11.8 Å². The minimum atomic E-state index is -1.20. The third-order valence-electron chi connectivity index (χ3n) is 3.79. The van der Waals surface area contributed by atoms with Gasteiger partial charge in [0.1, 0.15) is 0 Å². The van der Waals surface area contributed by atoms with E-state index >= 15 is 0 Å². The van der Waals surface area contributed by atoms with Gasteiger partial charge in [-0.3, -0.25) is 4.79 Å². The lowest BCUT2D eigenvalue weighted by atomic mass is 9.70. The molecule has 0 amide bonds. The van der Waals surface area contributed by atoms with Crippen LogP contribution in [0.1, 0.15) is 39.0 Å². The Morgan fingerprint density at radius 3 is 2.60 bits per heavy atom. The smallest absolute Gasteiger partial charge is 0.348 e.